The predicted octanol–water partition coefficient (Wildman–Crippen LogP) is 6.38. The van der Waals surface area contributed by atoms with Gasteiger partial charge in [0.15, 0.2) is 0 Å². The smallest absolute Gasteiger partial charge is 0.306 e. The molecule has 4 aromatic rings. The summed E-state index contributed by atoms with van der Waals surface area (Å²) in [4.78, 5) is 38.5. The number of aromatic nitrogens is 1. The fourth-order valence-electron chi connectivity index (χ4n) is 3.95. The Balaban J connectivity index is 0.000000266. The highest BCUT2D eigenvalue weighted by atomic mass is 16.4. The number of rotatable bonds is 8. The van der Waals surface area contributed by atoms with E-state index in [9.17, 15) is 14.4 Å². The van der Waals surface area contributed by atoms with E-state index >= 15 is 0 Å². The Bertz CT molecular complexity index is 1330. The fourth-order valence-corrected chi connectivity index (χ4v) is 3.95. The van der Waals surface area contributed by atoms with Crippen molar-refractivity contribution in [2.75, 3.05) is 5.32 Å². The van der Waals surface area contributed by atoms with Gasteiger partial charge in [-0.2, -0.15) is 0 Å². The second-order valence-corrected chi connectivity index (χ2v) is 9.29. The van der Waals surface area contributed by atoms with Gasteiger partial charge in [0.2, 0.25) is 0 Å². The average molecular weight is 497 g/mol. The number of fused-ring (bicyclic) bond motifs is 1. The van der Waals surface area contributed by atoms with E-state index in [1.54, 1.807) is 31.3 Å². The van der Waals surface area contributed by atoms with Crippen LogP contribution in [0.25, 0.3) is 10.9 Å². The van der Waals surface area contributed by atoms with Crippen LogP contribution in [0.3, 0.4) is 0 Å². The molecule has 3 aromatic carbocycles. The minimum Gasteiger partial charge on any atom is -0.481 e. The highest BCUT2D eigenvalue weighted by molar-refractivity contribution is 6.12. The first-order valence-corrected chi connectivity index (χ1v) is 12.3. The molecule has 1 amide bonds. The molecule has 6 nitrogen and oxygen atoms in total. The molecule has 0 aliphatic rings. The number of nitrogens with one attached hydrogen (secondary N) is 1. The van der Waals surface area contributed by atoms with Gasteiger partial charge in [0.25, 0.3) is 5.91 Å². The highest BCUT2D eigenvalue weighted by Gasteiger charge is 2.14. The summed E-state index contributed by atoms with van der Waals surface area (Å²) in [5.41, 5.74) is 4.03. The monoisotopic (exact) mass is 496 g/mol. The van der Waals surface area contributed by atoms with Crippen molar-refractivity contribution < 1.29 is 19.5 Å². The lowest BCUT2D eigenvalue weighted by atomic mass is 9.90. The number of benzene rings is 3. The van der Waals surface area contributed by atoms with Crippen LogP contribution in [0.5, 0.6) is 0 Å². The van der Waals surface area contributed by atoms with Gasteiger partial charge in [-0.25, -0.2) is 0 Å². The lowest BCUT2D eigenvalue weighted by Crippen LogP contribution is -2.13. The highest BCUT2D eigenvalue weighted by Crippen LogP contribution is 2.21. The molecule has 2 N–H and O–H groups in total. The van der Waals surface area contributed by atoms with E-state index in [2.05, 4.69) is 24.1 Å². The van der Waals surface area contributed by atoms with E-state index < -0.39 is 11.9 Å². The largest absolute Gasteiger partial charge is 0.481 e. The molecule has 0 radical (unpaired) electrons. The van der Waals surface area contributed by atoms with Gasteiger partial charge in [0, 0.05) is 23.2 Å². The molecule has 0 aliphatic carbocycles. The number of pyridine rings is 1. The third-order valence-corrected chi connectivity index (χ3v) is 6.12. The Kier molecular flexibility index (Phi) is 9.67. The second-order valence-electron chi connectivity index (χ2n) is 9.29. The van der Waals surface area contributed by atoms with Crippen molar-refractivity contribution in [3.63, 3.8) is 0 Å². The van der Waals surface area contributed by atoms with Crippen LogP contribution in [0.15, 0.2) is 91.1 Å². The molecule has 4 rings (SSSR count). The Morgan fingerprint density at radius 1 is 0.892 bits per heavy atom. The number of carbonyl (C=O) groups excluding carboxylic acids is 2. The number of carboxylic acids is 1. The molecular formula is C31H32N2O4. The van der Waals surface area contributed by atoms with Crippen LogP contribution in [0, 0.1) is 11.8 Å². The van der Waals surface area contributed by atoms with Crippen molar-refractivity contribution in [3.8, 4) is 0 Å². The lowest BCUT2D eigenvalue weighted by molar-refractivity contribution is -0.141. The van der Waals surface area contributed by atoms with Crippen molar-refractivity contribution in [2.24, 2.45) is 11.8 Å². The average Bonchev–Trinajstić information content (AvgIpc) is 2.90. The van der Waals surface area contributed by atoms with E-state index in [0.717, 1.165) is 28.3 Å². The molecular weight excluding hydrogens is 464 g/mol. The zero-order valence-corrected chi connectivity index (χ0v) is 21.3. The maximum Gasteiger partial charge on any atom is 0.306 e. The summed E-state index contributed by atoms with van der Waals surface area (Å²) in [5, 5.41) is 12.6. The molecule has 2 atom stereocenters. The number of aliphatic carboxylic acids is 1. The molecule has 1 heterocycles. The van der Waals surface area contributed by atoms with Crippen molar-refractivity contribution >= 4 is 34.8 Å². The van der Waals surface area contributed by atoms with Crippen LogP contribution >= 0.6 is 0 Å². The molecule has 0 bridgehead atoms. The summed E-state index contributed by atoms with van der Waals surface area (Å²) >= 11 is 0. The van der Waals surface area contributed by atoms with Crippen LogP contribution in [0.1, 0.15) is 48.2 Å². The van der Waals surface area contributed by atoms with Crippen molar-refractivity contribution in [1.29, 1.82) is 0 Å². The zero-order chi connectivity index (χ0) is 26.8. The van der Waals surface area contributed by atoms with E-state index in [1.807, 2.05) is 66.7 Å². The van der Waals surface area contributed by atoms with Crippen LogP contribution in [0.2, 0.25) is 0 Å². The van der Waals surface area contributed by atoms with Crippen molar-refractivity contribution in [3.05, 3.63) is 108 Å². The number of para-hydroxylation sites is 1. The van der Waals surface area contributed by atoms with Gasteiger partial charge < -0.3 is 15.2 Å². The number of hydrogen-bond donors (Lipinski definition) is 2. The van der Waals surface area contributed by atoms with E-state index in [0.29, 0.717) is 23.6 Å². The molecule has 0 spiro atoms. The predicted molar refractivity (Wildman–Crippen MR) is 147 cm³/mol. The molecule has 1 aromatic heterocycles. The van der Waals surface area contributed by atoms with Gasteiger partial charge in [-0.1, -0.05) is 81.4 Å². The Labute approximate surface area is 217 Å². The summed E-state index contributed by atoms with van der Waals surface area (Å²) in [6.45, 7) is 5.80. The number of amides is 1. The van der Waals surface area contributed by atoms with Gasteiger partial charge in [-0.3, -0.25) is 14.6 Å². The quantitative estimate of drug-likeness (QED) is 0.276. The third-order valence-electron chi connectivity index (χ3n) is 6.12. The topological polar surface area (TPSA) is 96.4 Å². The fraction of sp³-hybridized carbons (Fsp3) is 0.226. The van der Waals surface area contributed by atoms with Crippen molar-refractivity contribution in [2.45, 2.75) is 33.1 Å². The normalized spacial score (nSPS) is 12.2. The Hall–Kier alpha value is -4.32. The standard InChI is InChI=1S/C20H18N2O3.C11H14O/c1-13(20(24)25)12-14-6-8-15(9-7-14)22-19(23)17-10-11-21-18-5-3-2-4-16(17)18;1-9(2)11(8-12)10-6-4-3-5-7-10/h2-11,13H,12H2,1H3,(H,22,23)(H,24,25);3-9,11H,1-2H3. The maximum absolute atomic E-state index is 12.6. The summed E-state index contributed by atoms with van der Waals surface area (Å²) in [7, 11) is 0. The maximum atomic E-state index is 12.6. The third kappa shape index (κ3) is 7.58. The summed E-state index contributed by atoms with van der Waals surface area (Å²) < 4.78 is 0. The number of anilines is 1. The molecule has 0 saturated carbocycles. The molecule has 37 heavy (non-hydrogen) atoms. The second kappa shape index (κ2) is 13.1. The first kappa shape index (κ1) is 27.3. The summed E-state index contributed by atoms with van der Waals surface area (Å²) in [6, 6.07) is 26.3. The van der Waals surface area contributed by atoms with Crippen LogP contribution in [-0.4, -0.2) is 28.3 Å². The van der Waals surface area contributed by atoms with Crippen LogP contribution < -0.4 is 5.32 Å². The van der Waals surface area contributed by atoms with E-state index in [4.69, 9.17) is 5.11 Å². The van der Waals surface area contributed by atoms with Crippen LogP contribution in [0.4, 0.5) is 5.69 Å². The number of nitrogens with zero attached hydrogens (tertiary/aromatic N) is 1. The molecule has 0 fully saturated rings. The van der Waals surface area contributed by atoms with E-state index in [-0.39, 0.29) is 11.8 Å². The van der Waals surface area contributed by atoms with Gasteiger partial charge >= 0.3 is 5.97 Å². The zero-order valence-electron chi connectivity index (χ0n) is 21.3. The molecule has 190 valence electrons. The first-order valence-electron chi connectivity index (χ1n) is 12.3. The van der Waals surface area contributed by atoms with Crippen LogP contribution in [-0.2, 0) is 16.0 Å². The van der Waals surface area contributed by atoms with Gasteiger partial charge in [-0.15, -0.1) is 0 Å². The Morgan fingerprint density at radius 2 is 1.54 bits per heavy atom. The number of carbonyl (C=O) groups is 3. The number of carboxylic acid groups (broad SMARTS) is 1. The van der Waals surface area contributed by atoms with E-state index in [1.165, 1.54) is 0 Å². The number of aldehydes is 1. The van der Waals surface area contributed by atoms with Crippen molar-refractivity contribution in [1.82, 2.24) is 4.98 Å². The summed E-state index contributed by atoms with van der Waals surface area (Å²) in [6.07, 6.45) is 3.10. The number of hydrogen-bond acceptors (Lipinski definition) is 4. The van der Waals surface area contributed by atoms with Gasteiger partial charge in [0.05, 0.1) is 17.0 Å². The van der Waals surface area contributed by atoms with Gasteiger partial charge in [-0.05, 0) is 47.7 Å². The minimum absolute atomic E-state index is 0.0474. The lowest BCUT2D eigenvalue weighted by Gasteiger charge is -2.13. The molecule has 0 saturated heterocycles. The SMILES string of the molecule is CC(C)C(C=O)c1ccccc1.CC(Cc1ccc(NC(=O)c2ccnc3ccccc23)cc1)C(=O)O. The minimum atomic E-state index is -0.818. The van der Waals surface area contributed by atoms with Gasteiger partial charge in [0.1, 0.15) is 6.29 Å². The first-order chi connectivity index (χ1) is 17.8. The molecule has 2 unspecified atom stereocenters. The molecule has 0 aliphatic heterocycles. The molecule has 6 heteroatoms. The summed E-state index contributed by atoms with van der Waals surface area (Å²) in [5.74, 6) is -1.04. The Morgan fingerprint density at radius 3 is 2.16 bits per heavy atom.